The van der Waals surface area contributed by atoms with Crippen LogP contribution in [0.5, 0.6) is 0 Å². The maximum absolute atomic E-state index is 12.0. The molecule has 0 bridgehead atoms. The van der Waals surface area contributed by atoms with Gasteiger partial charge in [0.25, 0.3) is 0 Å². The summed E-state index contributed by atoms with van der Waals surface area (Å²) in [6.45, 7) is 4.63. The Balaban J connectivity index is 0.00000225. The summed E-state index contributed by atoms with van der Waals surface area (Å²) in [5, 5.41) is 1.18. The minimum Gasteiger partial charge on any atom is -1.00 e. The Bertz CT molecular complexity index is 891. The van der Waals surface area contributed by atoms with Gasteiger partial charge in [0.15, 0.2) is 6.20 Å². The van der Waals surface area contributed by atoms with E-state index in [0.29, 0.717) is 0 Å². The van der Waals surface area contributed by atoms with Gasteiger partial charge in [-0.3, -0.25) is 9.69 Å². The molecule has 3 aromatic rings. The van der Waals surface area contributed by atoms with Gasteiger partial charge < -0.3 is 24.0 Å². The summed E-state index contributed by atoms with van der Waals surface area (Å²) in [6.07, 6.45) is 5.93. The molecule has 128 valence electrons. The van der Waals surface area contributed by atoms with Crippen LogP contribution >= 0.6 is 0 Å². The van der Waals surface area contributed by atoms with Gasteiger partial charge in [-0.1, -0.05) is 30.3 Å². The number of amides is 1. The fraction of sp³-hybridized carbons (Fsp3) is 0.143. The monoisotopic (exact) mass is 444 g/mol. The summed E-state index contributed by atoms with van der Waals surface area (Å²) in [5.74, 6) is -0.0127. The van der Waals surface area contributed by atoms with Crippen molar-refractivity contribution >= 4 is 28.6 Å². The molecular formula is C21H21IN2O. The molecule has 1 amide bonds. The van der Waals surface area contributed by atoms with Gasteiger partial charge in [0, 0.05) is 30.9 Å². The Labute approximate surface area is 165 Å². The summed E-state index contributed by atoms with van der Waals surface area (Å²) >= 11 is 0. The molecule has 0 aliphatic carbocycles. The highest BCUT2D eigenvalue weighted by atomic mass is 127. The molecule has 4 heteroatoms. The van der Waals surface area contributed by atoms with E-state index in [1.165, 1.54) is 10.9 Å². The summed E-state index contributed by atoms with van der Waals surface area (Å²) in [5.41, 5.74) is 3.15. The predicted molar refractivity (Wildman–Crippen MR) is 98.5 cm³/mol. The maximum atomic E-state index is 12.0. The highest BCUT2D eigenvalue weighted by Crippen LogP contribution is 2.19. The van der Waals surface area contributed by atoms with Gasteiger partial charge in [0.2, 0.25) is 11.4 Å². The van der Waals surface area contributed by atoms with Gasteiger partial charge in [-0.15, -0.1) is 0 Å². The van der Waals surface area contributed by atoms with E-state index in [4.69, 9.17) is 0 Å². The number of nitrogens with zero attached hydrogens (tertiary/aromatic N) is 2. The van der Waals surface area contributed by atoms with Gasteiger partial charge in [-0.2, -0.15) is 4.57 Å². The van der Waals surface area contributed by atoms with Gasteiger partial charge in [-0.25, -0.2) is 0 Å². The highest BCUT2D eigenvalue weighted by Gasteiger charge is 2.11. The van der Waals surface area contributed by atoms with Crippen molar-refractivity contribution in [2.24, 2.45) is 0 Å². The average molecular weight is 444 g/mol. The molecule has 0 fully saturated rings. The SMILES string of the molecule is CC[n+]1ccc(C=CN(C(C)=O)c2ccccc2)c2ccccc21.[I-]. The minimum absolute atomic E-state index is 0. The Morgan fingerprint density at radius 1 is 1.04 bits per heavy atom. The van der Waals surface area contributed by atoms with Crippen molar-refractivity contribution in [3.05, 3.63) is 78.6 Å². The number of anilines is 1. The summed E-state index contributed by atoms with van der Waals surface area (Å²) in [6, 6.07) is 20.1. The van der Waals surface area contributed by atoms with Crippen molar-refractivity contribution in [3.8, 4) is 0 Å². The van der Waals surface area contributed by atoms with Crippen LogP contribution in [0.4, 0.5) is 5.69 Å². The molecule has 0 aliphatic heterocycles. The Morgan fingerprint density at radius 3 is 2.40 bits per heavy atom. The first-order valence-electron chi connectivity index (χ1n) is 8.15. The number of carbonyl (C=O) groups is 1. The second-order valence-corrected chi connectivity index (χ2v) is 5.61. The molecule has 0 unspecified atom stereocenters. The van der Waals surface area contributed by atoms with Gasteiger partial charge in [0.05, 0.1) is 5.39 Å². The van der Waals surface area contributed by atoms with Crippen LogP contribution in [0.1, 0.15) is 19.4 Å². The Kier molecular flexibility index (Phi) is 6.70. The van der Waals surface area contributed by atoms with Crippen molar-refractivity contribution in [3.63, 3.8) is 0 Å². The van der Waals surface area contributed by atoms with E-state index in [0.717, 1.165) is 17.8 Å². The molecule has 1 heterocycles. The molecule has 3 rings (SSSR count). The topological polar surface area (TPSA) is 24.2 Å². The first-order valence-corrected chi connectivity index (χ1v) is 8.15. The number of para-hydroxylation sites is 2. The second-order valence-electron chi connectivity index (χ2n) is 5.61. The number of aromatic nitrogens is 1. The minimum atomic E-state index is -0.0127. The van der Waals surface area contributed by atoms with Crippen LogP contribution in [0.15, 0.2) is 73.1 Å². The number of hydrogen-bond donors (Lipinski definition) is 0. The summed E-state index contributed by atoms with van der Waals surface area (Å²) < 4.78 is 2.21. The van der Waals surface area contributed by atoms with Crippen LogP contribution in [-0.4, -0.2) is 5.91 Å². The zero-order valence-electron chi connectivity index (χ0n) is 14.4. The molecule has 0 atom stereocenters. The molecule has 0 radical (unpaired) electrons. The van der Waals surface area contributed by atoms with Crippen LogP contribution in [0.25, 0.3) is 17.0 Å². The van der Waals surface area contributed by atoms with Gasteiger partial charge >= 0.3 is 0 Å². The molecular weight excluding hydrogens is 423 g/mol. The molecule has 0 saturated heterocycles. The largest absolute Gasteiger partial charge is 1.00 e. The zero-order chi connectivity index (χ0) is 16.9. The molecule has 0 aliphatic rings. The van der Waals surface area contributed by atoms with E-state index >= 15 is 0 Å². The lowest BCUT2D eigenvalue weighted by molar-refractivity contribution is -0.667. The number of hydrogen-bond acceptors (Lipinski definition) is 1. The zero-order valence-corrected chi connectivity index (χ0v) is 16.6. The van der Waals surface area contributed by atoms with Crippen LogP contribution in [0.2, 0.25) is 0 Å². The number of aryl methyl sites for hydroxylation is 1. The van der Waals surface area contributed by atoms with E-state index in [-0.39, 0.29) is 29.9 Å². The number of fused-ring (bicyclic) bond motifs is 1. The smallest absolute Gasteiger partial charge is 0.227 e. The lowest BCUT2D eigenvalue weighted by Gasteiger charge is -2.16. The van der Waals surface area contributed by atoms with Crippen LogP contribution in [0, 0.1) is 0 Å². The molecule has 25 heavy (non-hydrogen) atoms. The van der Waals surface area contributed by atoms with E-state index in [2.05, 4.69) is 35.9 Å². The Morgan fingerprint density at radius 2 is 1.72 bits per heavy atom. The van der Waals surface area contributed by atoms with Crippen molar-refractivity contribution in [1.82, 2.24) is 0 Å². The first-order chi connectivity index (χ1) is 11.7. The number of rotatable bonds is 4. The van der Waals surface area contributed by atoms with E-state index < -0.39 is 0 Å². The quantitative estimate of drug-likeness (QED) is 0.438. The summed E-state index contributed by atoms with van der Waals surface area (Å²) in [4.78, 5) is 13.7. The Hall–Kier alpha value is -2.21. The number of carbonyl (C=O) groups excluding carboxylic acids is 1. The fourth-order valence-electron chi connectivity index (χ4n) is 2.85. The number of pyridine rings is 1. The van der Waals surface area contributed by atoms with Crippen LogP contribution in [0.3, 0.4) is 0 Å². The average Bonchev–Trinajstić information content (AvgIpc) is 2.62. The maximum Gasteiger partial charge on any atom is 0.227 e. The van der Waals surface area contributed by atoms with Crippen molar-refractivity contribution in [2.45, 2.75) is 20.4 Å². The van der Waals surface area contributed by atoms with Crippen molar-refractivity contribution in [1.29, 1.82) is 0 Å². The van der Waals surface area contributed by atoms with E-state index in [9.17, 15) is 4.79 Å². The number of halogens is 1. The first kappa shape index (κ1) is 19.1. The third-order valence-corrected chi connectivity index (χ3v) is 4.08. The normalized spacial score (nSPS) is 10.6. The lowest BCUT2D eigenvalue weighted by atomic mass is 10.1. The van der Waals surface area contributed by atoms with Gasteiger partial charge in [-0.05, 0) is 36.8 Å². The molecule has 0 N–H and O–H groups in total. The second kappa shape index (κ2) is 8.76. The molecule has 0 spiro atoms. The predicted octanol–water partition coefficient (Wildman–Crippen LogP) is 1.18. The van der Waals surface area contributed by atoms with E-state index in [1.54, 1.807) is 11.8 Å². The van der Waals surface area contributed by atoms with Crippen molar-refractivity contribution in [2.75, 3.05) is 4.90 Å². The van der Waals surface area contributed by atoms with Crippen molar-refractivity contribution < 1.29 is 33.3 Å². The molecule has 1 aromatic heterocycles. The molecule has 0 saturated carbocycles. The van der Waals surface area contributed by atoms with E-state index in [1.807, 2.05) is 54.7 Å². The molecule has 2 aromatic carbocycles. The summed E-state index contributed by atoms with van der Waals surface area (Å²) in [7, 11) is 0. The third-order valence-electron chi connectivity index (χ3n) is 4.08. The third kappa shape index (κ3) is 4.25. The lowest BCUT2D eigenvalue weighted by Crippen LogP contribution is -3.00. The van der Waals surface area contributed by atoms with Crippen LogP contribution in [-0.2, 0) is 11.3 Å². The number of benzene rings is 2. The highest BCUT2D eigenvalue weighted by molar-refractivity contribution is 5.95. The van der Waals surface area contributed by atoms with Crippen LogP contribution < -0.4 is 33.4 Å². The van der Waals surface area contributed by atoms with Gasteiger partial charge in [0.1, 0.15) is 6.54 Å². The molecule has 3 nitrogen and oxygen atoms in total. The standard InChI is InChI=1S/C21H21N2O.HI/c1-3-22-15-13-18(20-11-7-8-12-21(20)22)14-16-23(17(2)24)19-9-5-4-6-10-19;/h4-16H,3H2,1-2H3;1H/q+1;/p-1. The fourth-order valence-corrected chi connectivity index (χ4v) is 2.85.